The third-order valence-electron chi connectivity index (χ3n) is 4.60. The van der Waals surface area contributed by atoms with Crippen LogP contribution in [-0.4, -0.2) is 35.2 Å². The molecular formula is C12H21NO. The molecule has 3 rings (SSSR count). The molecule has 2 nitrogen and oxygen atoms in total. The van der Waals surface area contributed by atoms with Crippen molar-refractivity contribution in [1.29, 1.82) is 0 Å². The van der Waals surface area contributed by atoms with Gasteiger partial charge in [0.15, 0.2) is 0 Å². The Morgan fingerprint density at radius 2 is 1.71 bits per heavy atom. The average Bonchev–Trinajstić information content (AvgIpc) is 2.60. The topological polar surface area (TPSA) is 23.5 Å². The number of likely N-dealkylation sites (tertiary alicyclic amines) is 1. The van der Waals surface area contributed by atoms with E-state index in [9.17, 15) is 5.11 Å². The van der Waals surface area contributed by atoms with Gasteiger partial charge in [-0.3, -0.25) is 4.90 Å². The summed E-state index contributed by atoms with van der Waals surface area (Å²) in [6.07, 6.45) is 7.65. The highest BCUT2D eigenvalue weighted by atomic mass is 16.3. The maximum Gasteiger partial charge on any atom is 0.0774 e. The number of hydrogen-bond donors (Lipinski definition) is 1. The second-order valence-corrected chi connectivity index (χ2v) is 5.72. The largest absolute Gasteiger partial charge is 0.389 e. The van der Waals surface area contributed by atoms with E-state index in [2.05, 4.69) is 4.90 Å². The summed E-state index contributed by atoms with van der Waals surface area (Å²) < 4.78 is 0. The lowest BCUT2D eigenvalue weighted by Crippen LogP contribution is -2.47. The van der Waals surface area contributed by atoms with Crippen LogP contribution in [0.2, 0.25) is 0 Å². The zero-order valence-corrected chi connectivity index (χ0v) is 8.91. The Balaban J connectivity index is 1.55. The van der Waals surface area contributed by atoms with Crippen molar-refractivity contribution in [2.75, 3.05) is 19.6 Å². The SMILES string of the molecule is OC1(CN2C[C@@H]3CCC[C@H]3C2)CCC1. The highest BCUT2D eigenvalue weighted by Crippen LogP contribution is 2.40. The first-order valence-corrected chi connectivity index (χ1v) is 6.20. The fourth-order valence-corrected chi connectivity index (χ4v) is 3.62. The summed E-state index contributed by atoms with van der Waals surface area (Å²) in [6, 6.07) is 0. The van der Waals surface area contributed by atoms with E-state index >= 15 is 0 Å². The van der Waals surface area contributed by atoms with Crippen molar-refractivity contribution in [3.8, 4) is 0 Å². The standard InChI is InChI=1S/C12H21NO/c14-12(5-2-6-12)9-13-7-10-3-1-4-11(10)8-13/h10-11,14H,1-9H2/t10-,11-/m0/s1. The van der Waals surface area contributed by atoms with Gasteiger partial charge in [0.2, 0.25) is 0 Å². The lowest BCUT2D eigenvalue weighted by Gasteiger charge is -2.39. The Kier molecular flexibility index (Phi) is 2.10. The molecule has 0 bridgehead atoms. The van der Waals surface area contributed by atoms with Crippen LogP contribution in [-0.2, 0) is 0 Å². The molecule has 1 saturated heterocycles. The average molecular weight is 195 g/mol. The van der Waals surface area contributed by atoms with E-state index in [1.807, 2.05) is 0 Å². The molecule has 2 aliphatic carbocycles. The van der Waals surface area contributed by atoms with Crippen molar-refractivity contribution < 1.29 is 5.11 Å². The molecule has 0 aromatic heterocycles. The van der Waals surface area contributed by atoms with Gasteiger partial charge in [-0.25, -0.2) is 0 Å². The molecular weight excluding hydrogens is 174 g/mol. The lowest BCUT2D eigenvalue weighted by molar-refractivity contribution is -0.0559. The smallest absolute Gasteiger partial charge is 0.0774 e. The molecule has 0 aromatic carbocycles. The third kappa shape index (κ3) is 1.49. The molecule has 1 N–H and O–H groups in total. The summed E-state index contributed by atoms with van der Waals surface area (Å²) in [7, 11) is 0. The summed E-state index contributed by atoms with van der Waals surface area (Å²) in [5.41, 5.74) is -0.293. The van der Waals surface area contributed by atoms with E-state index < -0.39 is 0 Å². The van der Waals surface area contributed by atoms with Crippen molar-refractivity contribution in [1.82, 2.24) is 4.90 Å². The predicted octanol–water partition coefficient (Wildman–Crippen LogP) is 1.63. The van der Waals surface area contributed by atoms with Gasteiger partial charge < -0.3 is 5.11 Å². The number of hydrogen-bond acceptors (Lipinski definition) is 2. The summed E-state index contributed by atoms with van der Waals surface area (Å²) >= 11 is 0. The van der Waals surface area contributed by atoms with Crippen molar-refractivity contribution >= 4 is 0 Å². The molecule has 0 spiro atoms. The van der Waals surface area contributed by atoms with E-state index in [0.29, 0.717) is 0 Å². The van der Waals surface area contributed by atoms with Gasteiger partial charge in [0.25, 0.3) is 0 Å². The minimum Gasteiger partial charge on any atom is -0.389 e. The number of β-amino-alcohol motifs (C(OH)–C–C–N with tert-alkyl or cyclic N) is 1. The van der Waals surface area contributed by atoms with E-state index in [-0.39, 0.29) is 5.60 Å². The molecule has 0 radical (unpaired) electrons. The highest BCUT2D eigenvalue weighted by molar-refractivity contribution is 4.95. The molecule has 80 valence electrons. The molecule has 1 heterocycles. The van der Waals surface area contributed by atoms with Crippen molar-refractivity contribution in [3.05, 3.63) is 0 Å². The molecule has 2 saturated carbocycles. The second kappa shape index (κ2) is 3.21. The summed E-state index contributed by atoms with van der Waals surface area (Å²) in [5, 5.41) is 10.1. The zero-order valence-electron chi connectivity index (χ0n) is 8.91. The Bertz CT molecular complexity index is 212. The molecule has 0 amide bonds. The molecule has 3 aliphatic rings. The molecule has 0 unspecified atom stereocenters. The summed E-state index contributed by atoms with van der Waals surface area (Å²) in [4.78, 5) is 2.52. The van der Waals surface area contributed by atoms with Crippen molar-refractivity contribution in [3.63, 3.8) is 0 Å². The normalized spacial score (nSPS) is 40.9. The second-order valence-electron chi connectivity index (χ2n) is 5.72. The van der Waals surface area contributed by atoms with Gasteiger partial charge in [0, 0.05) is 19.6 Å². The Hall–Kier alpha value is -0.0800. The van der Waals surface area contributed by atoms with Gasteiger partial charge in [-0.2, -0.15) is 0 Å². The quantitative estimate of drug-likeness (QED) is 0.724. The summed E-state index contributed by atoms with van der Waals surface area (Å²) in [5.74, 6) is 1.94. The molecule has 2 heteroatoms. The van der Waals surface area contributed by atoms with Crippen LogP contribution in [0.4, 0.5) is 0 Å². The fourth-order valence-electron chi connectivity index (χ4n) is 3.62. The van der Waals surface area contributed by atoms with Crippen LogP contribution in [0.1, 0.15) is 38.5 Å². The lowest BCUT2D eigenvalue weighted by atomic mass is 9.80. The Morgan fingerprint density at radius 3 is 2.21 bits per heavy atom. The monoisotopic (exact) mass is 195 g/mol. The van der Waals surface area contributed by atoms with E-state index in [1.165, 1.54) is 38.8 Å². The first-order valence-electron chi connectivity index (χ1n) is 6.20. The first kappa shape index (κ1) is 9.17. The first-order chi connectivity index (χ1) is 6.75. The van der Waals surface area contributed by atoms with Crippen LogP contribution >= 0.6 is 0 Å². The summed E-state index contributed by atoms with van der Waals surface area (Å²) in [6.45, 7) is 3.50. The Morgan fingerprint density at radius 1 is 1.07 bits per heavy atom. The molecule has 1 aliphatic heterocycles. The van der Waals surface area contributed by atoms with Gasteiger partial charge in [-0.05, 0) is 43.9 Å². The number of fused-ring (bicyclic) bond motifs is 1. The van der Waals surface area contributed by atoms with Crippen LogP contribution in [0.5, 0.6) is 0 Å². The maximum atomic E-state index is 10.1. The molecule has 2 atom stereocenters. The zero-order chi connectivity index (χ0) is 9.60. The van der Waals surface area contributed by atoms with E-state index in [0.717, 1.165) is 31.2 Å². The molecule has 14 heavy (non-hydrogen) atoms. The van der Waals surface area contributed by atoms with E-state index in [1.54, 1.807) is 0 Å². The van der Waals surface area contributed by atoms with Gasteiger partial charge in [-0.1, -0.05) is 6.42 Å². The van der Waals surface area contributed by atoms with Crippen LogP contribution in [0, 0.1) is 11.8 Å². The maximum absolute atomic E-state index is 10.1. The van der Waals surface area contributed by atoms with Gasteiger partial charge >= 0.3 is 0 Å². The predicted molar refractivity (Wildman–Crippen MR) is 56.1 cm³/mol. The third-order valence-corrected chi connectivity index (χ3v) is 4.60. The number of nitrogens with zero attached hydrogens (tertiary/aromatic N) is 1. The van der Waals surface area contributed by atoms with Crippen molar-refractivity contribution in [2.24, 2.45) is 11.8 Å². The molecule has 3 fully saturated rings. The number of aliphatic hydroxyl groups is 1. The van der Waals surface area contributed by atoms with Gasteiger partial charge in [-0.15, -0.1) is 0 Å². The van der Waals surface area contributed by atoms with Crippen molar-refractivity contribution in [2.45, 2.75) is 44.1 Å². The number of rotatable bonds is 2. The minimum absolute atomic E-state index is 0.293. The fraction of sp³-hybridized carbons (Fsp3) is 1.00. The Labute approximate surface area is 86.3 Å². The van der Waals surface area contributed by atoms with E-state index in [4.69, 9.17) is 0 Å². The van der Waals surface area contributed by atoms with Gasteiger partial charge in [0.1, 0.15) is 0 Å². The van der Waals surface area contributed by atoms with Crippen LogP contribution in [0.3, 0.4) is 0 Å². The highest BCUT2D eigenvalue weighted by Gasteiger charge is 2.41. The van der Waals surface area contributed by atoms with Gasteiger partial charge in [0.05, 0.1) is 5.60 Å². The minimum atomic E-state index is -0.293. The van der Waals surface area contributed by atoms with Crippen LogP contribution < -0.4 is 0 Å². The van der Waals surface area contributed by atoms with Crippen LogP contribution in [0.25, 0.3) is 0 Å². The van der Waals surface area contributed by atoms with Crippen LogP contribution in [0.15, 0.2) is 0 Å². The molecule has 0 aromatic rings.